The van der Waals surface area contributed by atoms with Gasteiger partial charge in [0.1, 0.15) is 0 Å². The topological polar surface area (TPSA) is 53.1 Å². The molecule has 0 fully saturated rings. The Morgan fingerprint density at radius 1 is 1.26 bits per heavy atom. The van der Waals surface area contributed by atoms with Gasteiger partial charge in [0.15, 0.2) is 0 Å². The Kier molecular flexibility index (Phi) is 3.37. The molecule has 3 aromatic rings. The monoisotopic (exact) mass is 304 g/mol. The minimum absolute atomic E-state index is 0.414. The number of hydrogen-bond acceptors (Lipinski definition) is 3. The minimum atomic E-state index is 0.414. The van der Waals surface area contributed by atoms with Gasteiger partial charge in [-0.05, 0) is 55.2 Å². The largest absolute Gasteiger partial charge is 0.355 e. The molecule has 0 spiro atoms. The van der Waals surface area contributed by atoms with Gasteiger partial charge in [0, 0.05) is 28.7 Å². The number of aromatic nitrogens is 2. The number of benzene rings is 2. The lowest BCUT2D eigenvalue weighted by molar-refractivity contribution is 0.644. The predicted molar refractivity (Wildman–Crippen MR) is 95.9 cm³/mol. The number of nitrogens with one attached hydrogen (secondary N) is 2. The summed E-state index contributed by atoms with van der Waals surface area (Å²) in [6, 6.07) is 13.1. The van der Waals surface area contributed by atoms with Crippen molar-refractivity contribution in [2.45, 2.75) is 32.7 Å². The van der Waals surface area contributed by atoms with Crippen LogP contribution in [0.15, 0.2) is 41.4 Å². The number of anilines is 2. The third-order valence-corrected chi connectivity index (χ3v) is 4.53. The van der Waals surface area contributed by atoms with E-state index in [-0.39, 0.29) is 0 Å². The van der Waals surface area contributed by atoms with Gasteiger partial charge in [-0.3, -0.25) is 10.1 Å². The van der Waals surface area contributed by atoms with Crippen LogP contribution in [0.3, 0.4) is 0 Å². The maximum absolute atomic E-state index is 4.59. The fourth-order valence-electron chi connectivity index (χ4n) is 3.22. The third kappa shape index (κ3) is 2.50. The van der Waals surface area contributed by atoms with Crippen molar-refractivity contribution in [1.82, 2.24) is 10.2 Å². The van der Waals surface area contributed by atoms with Gasteiger partial charge in [-0.1, -0.05) is 19.1 Å². The molecule has 4 nitrogen and oxygen atoms in total. The van der Waals surface area contributed by atoms with Crippen molar-refractivity contribution in [1.29, 1.82) is 0 Å². The molecule has 1 atom stereocenters. The molecule has 2 aromatic carbocycles. The number of aromatic amines is 1. The fraction of sp³-hybridized carbons (Fsp3) is 0.263. The first kappa shape index (κ1) is 14.0. The first-order chi connectivity index (χ1) is 11.2. The first-order valence-electron chi connectivity index (χ1n) is 8.11. The maximum Gasteiger partial charge on any atom is 0.0944 e. The Labute approximate surface area is 135 Å². The van der Waals surface area contributed by atoms with Crippen LogP contribution in [0.5, 0.6) is 0 Å². The number of aryl methyl sites for hydroxylation is 1. The highest BCUT2D eigenvalue weighted by atomic mass is 15.1. The van der Waals surface area contributed by atoms with E-state index in [1.54, 1.807) is 0 Å². The van der Waals surface area contributed by atoms with E-state index in [0.29, 0.717) is 6.04 Å². The van der Waals surface area contributed by atoms with E-state index < -0.39 is 0 Å². The molecule has 2 heterocycles. The summed E-state index contributed by atoms with van der Waals surface area (Å²) >= 11 is 0. The van der Waals surface area contributed by atoms with Crippen LogP contribution in [-0.4, -0.2) is 22.5 Å². The quantitative estimate of drug-likeness (QED) is 0.755. The summed E-state index contributed by atoms with van der Waals surface area (Å²) in [5, 5.41) is 12.1. The number of nitrogens with zero attached hydrogens (tertiary/aromatic N) is 2. The van der Waals surface area contributed by atoms with Crippen molar-refractivity contribution in [3.8, 4) is 0 Å². The van der Waals surface area contributed by atoms with Gasteiger partial charge in [-0.15, -0.1) is 0 Å². The van der Waals surface area contributed by atoms with Crippen molar-refractivity contribution in [2.75, 3.05) is 5.32 Å². The molecular weight excluding hydrogens is 284 g/mol. The zero-order chi connectivity index (χ0) is 15.8. The van der Waals surface area contributed by atoms with Crippen LogP contribution in [0.1, 0.15) is 30.2 Å². The molecule has 1 aliphatic heterocycles. The van der Waals surface area contributed by atoms with E-state index in [1.807, 2.05) is 18.3 Å². The molecule has 1 unspecified atom stereocenters. The number of hydrogen-bond donors (Lipinski definition) is 2. The predicted octanol–water partition coefficient (Wildman–Crippen LogP) is 4.37. The lowest BCUT2D eigenvalue weighted by atomic mass is 9.96. The summed E-state index contributed by atoms with van der Waals surface area (Å²) in [7, 11) is 0. The highest BCUT2D eigenvalue weighted by Gasteiger charge is 2.14. The summed E-state index contributed by atoms with van der Waals surface area (Å²) in [5.41, 5.74) is 6.88. The van der Waals surface area contributed by atoms with E-state index in [1.165, 1.54) is 11.1 Å². The van der Waals surface area contributed by atoms with Crippen molar-refractivity contribution in [3.05, 3.63) is 53.2 Å². The van der Waals surface area contributed by atoms with Crippen molar-refractivity contribution >= 4 is 28.5 Å². The van der Waals surface area contributed by atoms with Crippen LogP contribution in [0.25, 0.3) is 10.9 Å². The van der Waals surface area contributed by atoms with Crippen LogP contribution in [0.4, 0.5) is 11.4 Å². The van der Waals surface area contributed by atoms with E-state index in [4.69, 9.17) is 0 Å². The van der Waals surface area contributed by atoms with Gasteiger partial charge >= 0.3 is 0 Å². The van der Waals surface area contributed by atoms with E-state index in [2.05, 4.69) is 58.6 Å². The van der Waals surface area contributed by atoms with Crippen molar-refractivity contribution in [3.63, 3.8) is 0 Å². The van der Waals surface area contributed by atoms with E-state index in [0.717, 1.165) is 40.8 Å². The zero-order valence-electron chi connectivity index (χ0n) is 13.4. The van der Waals surface area contributed by atoms with Gasteiger partial charge in [-0.25, -0.2) is 0 Å². The molecule has 4 rings (SSSR count). The summed E-state index contributed by atoms with van der Waals surface area (Å²) < 4.78 is 0. The Morgan fingerprint density at radius 3 is 3.04 bits per heavy atom. The second-order valence-corrected chi connectivity index (χ2v) is 6.13. The fourth-order valence-corrected chi connectivity index (χ4v) is 3.22. The minimum Gasteiger partial charge on any atom is -0.355 e. The zero-order valence-corrected chi connectivity index (χ0v) is 13.4. The molecule has 0 bridgehead atoms. The molecule has 0 saturated heterocycles. The molecule has 116 valence electrons. The van der Waals surface area contributed by atoms with Crippen LogP contribution in [-0.2, 0) is 6.42 Å². The second kappa shape index (κ2) is 5.54. The summed E-state index contributed by atoms with van der Waals surface area (Å²) in [6.45, 7) is 4.24. The maximum atomic E-state index is 4.59. The Morgan fingerprint density at radius 2 is 2.17 bits per heavy atom. The summed E-state index contributed by atoms with van der Waals surface area (Å²) in [4.78, 5) is 4.59. The number of aliphatic imine (C=N–C) groups is 1. The average molecular weight is 304 g/mol. The standard InChI is InChI=1S/C19H20N4/c1-3-15-9-14-10-16(8-7-13(14)11-20-15)21-17-5-4-6-18-19(17)12(2)22-23-18/h4-8,10-11,15,21H,3,9H2,1-2H3,(H,22,23). The SMILES string of the molecule is CCC1Cc2cc(Nc3cccc4n[nH]c(C)c34)ccc2C=N1. The van der Waals surface area contributed by atoms with E-state index in [9.17, 15) is 0 Å². The van der Waals surface area contributed by atoms with Gasteiger partial charge in [0.2, 0.25) is 0 Å². The molecule has 0 aliphatic carbocycles. The van der Waals surface area contributed by atoms with Crippen LogP contribution in [0.2, 0.25) is 0 Å². The lowest BCUT2D eigenvalue weighted by Crippen LogP contribution is -2.14. The van der Waals surface area contributed by atoms with Gasteiger partial charge in [0.25, 0.3) is 0 Å². The number of H-pyrrole nitrogens is 1. The molecule has 1 aliphatic rings. The van der Waals surface area contributed by atoms with Crippen LogP contribution >= 0.6 is 0 Å². The number of rotatable bonds is 3. The molecule has 4 heteroatoms. The molecule has 0 saturated carbocycles. The number of fused-ring (bicyclic) bond motifs is 2. The van der Waals surface area contributed by atoms with Crippen LogP contribution < -0.4 is 5.32 Å². The molecule has 23 heavy (non-hydrogen) atoms. The molecule has 1 aromatic heterocycles. The smallest absolute Gasteiger partial charge is 0.0944 e. The van der Waals surface area contributed by atoms with Gasteiger partial charge in [-0.2, -0.15) is 5.10 Å². The highest BCUT2D eigenvalue weighted by Crippen LogP contribution is 2.29. The van der Waals surface area contributed by atoms with Crippen molar-refractivity contribution < 1.29 is 0 Å². The summed E-state index contributed by atoms with van der Waals surface area (Å²) in [5.74, 6) is 0. The van der Waals surface area contributed by atoms with Crippen molar-refractivity contribution in [2.24, 2.45) is 4.99 Å². The normalized spacial score (nSPS) is 16.5. The molecule has 0 radical (unpaired) electrons. The highest BCUT2D eigenvalue weighted by molar-refractivity contribution is 5.95. The second-order valence-electron chi connectivity index (χ2n) is 6.13. The van der Waals surface area contributed by atoms with Crippen LogP contribution in [0, 0.1) is 6.92 Å². The third-order valence-electron chi connectivity index (χ3n) is 4.53. The van der Waals surface area contributed by atoms with E-state index >= 15 is 0 Å². The average Bonchev–Trinajstić information content (AvgIpc) is 2.96. The lowest BCUT2D eigenvalue weighted by Gasteiger charge is -2.19. The molecule has 2 N–H and O–H groups in total. The molecular formula is C19H20N4. The Bertz CT molecular complexity index is 892. The first-order valence-corrected chi connectivity index (χ1v) is 8.11. The van der Waals surface area contributed by atoms with Gasteiger partial charge < -0.3 is 5.32 Å². The summed E-state index contributed by atoms with van der Waals surface area (Å²) in [6.07, 6.45) is 4.12. The Hall–Kier alpha value is -2.62. The van der Waals surface area contributed by atoms with Gasteiger partial charge in [0.05, 0.1) is 11.6 Å². The Balaban J connectivity index is 1.69. The molecule has 0 amide bonds.